The molecule has 0 fully saturated rings. The molecule has 0 aromatic carbocycles. The van der Waals surface area contributed by atoms with E-state index in [1.807, 2.05) is 19.1 Å². The molecule has 10 heteroatoms. The summed E-state index contributed by atoms with van der Waals surface area (Å²) in [7, 11) is 0. The molecule has 1 N–H and O–H groups in total. The average molecular weight is 392 g/mol. The molecule has 1 unspecified atom stereocenters. The largest absolute Gasteiger partial charge is 0.453 e. The summed E-state index contributed by atoms with van der Waals surface area (Å²) in [6.45, 7) is 5.19. The van der Waals surface area contributed by atoms with E-state index < -0.39 is 12.0 Å². The molecule has 0 aliphatic rings. The summed E-state index contributed by atoms with van der Waals surface area (Å²) in [6.07, 6.45) is -0.836. The topological polar surface area (TPSA) is 85.1 Å². The zero-order valence-electron chi connectivity index (χ0n) is 15.6. The van der Waals surface area contributed by atoms with Crippen LogP contribution in [0.5, 0.6) is 0 Å². The highest BCUT2D eigenvalue weighted by Crippen LogP contribution is 2.27. The fourth-order valence-corrected chi connectivity index (χ4v) is 2.98. The van der Waals surface area contributed by atoms with E-state index in [4.69, 9.17) is 0 Å². The Balaban J connectivity index is 1.74. The third-order valence-corrected chi connectivity index (χ3v) is 4.49. The first-order valence-corrected chi connectivity index (χ1v) is 8.66. The Morgan fingerprint density at radius 3 is 2.54 bits per heavy atom. The minimum Gasteiger partial charge on any atom is -0.350 e. The number of nitrogens with zero attached hydrogens (tertiary/aromatic N) is 5. The first-order chi connectivity index (χ1) is 13.2. The van der Waals surface area contributed by atoms with Crippen LogP contribution >= 0.6 is 0 Å². The molecule has 0 saturated carbocycles. The average Bonchev–Trinajstić information content (AvgIpc) is 3.07. The number of carbonyl (C=O) groups excluding carboxylic acids is 1. The molecule has 3 heterocycles. The number of amides is 1. The van der Waals surface area contributed by atoms with E-state index in [1.54, 1.807) is 26.2 Å². The maximum Gasteiger partial charge on any atom is 0.453 e. The van der Waals surface area contributed by atoms with E-state index in [1.165, 1.54) is 0 Å². The molecule has 3 aromatic rings. The quantitative estimate of drug-likeness (QED) is 0.722. The van der Waals surface area contributed by atoms with Crippen LogP contribution in [0.1, 0.15) is 47.7 Å². The van der Waals surface area contributed by atoms with Crippen LogP contribution in [0.3, 0.4) is 0 Å². The zero-order chi connectivity index (χ0) is 20.5. The van der Waals surface area contributed by atoms with E-state index >= 15 is 0 Å². The summed E-state index contributed by atoms with van der Waals surface area (Å²) >= 11 is 0. The number of aromatic nitrogens is 5. The smallest absolute Gasteiger partial charge is 0.350 e. The zero-order valence-corrected chi connectivity index (χ0v) is 15.6. The van der Waals surface area contributed by atoms with Gasteiger partial charge in [-0.25, -0.2) is 9.50 Å². The van der Waals surface area contributed by atoms with E-state index in [0.29, 0.717) is 23.4 Å². The van der Waals surface area contributed by atoms with Gasteiger partial charge in [-0.05, 0) is 50.5 Å². The molecule has 0 aliphatic heterocycles. The normalized spacial score (nSPS) is 12.9. The second kappa shape index (κ2) is 7.53. The van der Waals surface area contributed by atoms with Crippen molar-refractivity contribution < 1.29 is 18.0 Å². The molecule has 0 radical (unpaired) electrons. The first-order valence-electron chi connectivity index (χ1n) is 8.66. The van der Waals surface area contributed by atoms with Crippen molar-refractivity contribution in [3.8, 4) is 0 Å². The molecular formula is C18H19F3N6O. The second-order valence-corrected chi connectivity index (χ2v) is 6.48. The molecule has 3 rings (SSSR count). The van der Waals surface area contributed by atoms with E-state index in [-0.39, 0.29) is 24.1 Å². The summed E-state index contributed by atoms with van der Waals surface area (Å²) < 4.78 is 39.6. The van der Waals surface area contributed by atoms with Crippen molar-refractivity contribution in [2.45, 2.75) is 45.8 Å². The van der Waals surface area contributed by atoms with Gasteiger partial charge in [0.2, 0.25) is 5.91 Å². The van der Waals surface area contributed by atoms with Crippen LogP contribution in [0, 0.1) is 13.8 Å². The van der Waals surface area contributed by atoms with Crippen LogP contribution in [0.15, 0.2) is 24.5 Å². The van der Waals surface area contributed by atoms with E-state index in [2.05, 4.69) is 25.4 Å². The number of pyridine rings is 1. The van der Waals surface area contributed by atoms with Gasteiger partial charge < -0.3 is 5.32 Å². The van der Waals surface area contributed by atoms with Crippen molar-refractivity contribution in [1.29, 1.82) is 0 Å². The number of carbonyl (C=O) groups is 1. The maximum atomic E-state index is 12.9. The minimum atomic E-state index is -4.64. The first kappa shape index (κ1) is 19.7. The van der Waals surface area contributed by atoms with Crippen molar-refractivity contribution in [3.63, 3.8) is 0 Å². The molecule has 7 nitrogen and oxygen atoms in total. The lowest BCUT2D eigenvalue weighted by atomic mass is 10.1. The fourth-order valence-electron chi connectivity index (χ4n) is 2.98. The lowest BCUT2D eigenvalue weighted by Crippen LogP contribution is -2.27. The van der Waals surface area contributed by atoms with Gasteiger partial charge in [-0.1, -0.05) is 0 Å². The van der Waals surface area contributed by atoms with Crippen molar-refractivity contribution >= 4 is 11.7 Å². The SMILES string of the molecule is Cc1nc2nc(C(F)(F)F)nn2c(C)c1CCC(=O)NC(C)c1ccncc1. The Hall–Kier alpha value is -3.04. The second-order valence-electron chi connectivity index (χ2n) is 6.48. The fraction of sp³-hybridized carbons (Fsp3) is 0.389. The van der Waals surface area contributed by atoms with Gasteiger partial charge in [-0.3, -0.25) is 9.78 Å². The number of alkyl halides is 3. The van der Waals surface area contributed by atoms with Crippen molar-refractivity contribution in [3.05, 3.63) is 52.9 Å². The van der Waals surface area contributed by atoms with Gasteiger partial charge in [0, 0.05) is 30.2 Å². The molecule has 1 amide bonds. The molecule has 0 saturated heterocycles. The number of nitrogens with one attached hydrogen (secondary N) is 1. The van der Waals surface area contributed by atoms with Crippen LogP contribution in [0.4, 0.5) is 13.2 Å². The monoisotopic (exact) mass is 392 g/mol. The Bertz CT molecular complexity index is 1000. The molecule has 0 aliphatic carbocycles. The van der Waals surface area contributed by atoms with Gasteiger partial charge in [0.25, 0.3) is 11.6 Å². The standard InChI is InChI=1S/C18H19F3N6O/c1-10(13-6-8-22-9-7-13)23-15(28)5-4-14-11(2)24-17-25-16(18(19,20)21)26-27(17)12(14)3/h6-10H,4-5H2,1-3H3,(H,23,28). The Labute approximate surface area is 159 Å². The Morgan fingerprint density at radius 2 is 1.89 bits per heavy atom. The van der Waals surface area contributed by atoms with Crippen LogP contribution in [0.2, 0.25) is 0 Å². The molecule has 148 valence electrons. The van der Waals surface area contributed by atoms with Gasteiger partial charge >= 0.3 is 6.18 Å². The molecular weight excluding hydrogens is 373 g/mol. The third-order valence-electron chi connectivity index (χ3n) is 4.49. The van der Waals surface area contributed by atoms with E-state index in [0.717, 1.165) is 10.1 Å². The molecule has 28 heavy (non-hydrogen) atoms. The number of hydrogen-bond donors (Lipinski definition) is 1. The van der Waals surface area contributed by atoms with Crippen LogP contribution in [-0.4, -0.2) is 30.5 Å². The van der Waals surface area contributed by atoms with Crippen LogP contribution in [-0.2, 0) is 17.4 Å². The summed E-state index contributed by atoms with van der Waals surface area (Å²) in [5.74, 6) is -1.51. The maximum absolute atomic E-state index is 12.9. The highest BCUT2D eigenvalue weighted by molar-refractivity contribution is 5.76. The highest BCUT2D eigenvalue weighted by atomic mass is 19.4. The van der Waals surface area contributed by atoms with Gasteiger partial charge in [0.15, 0.2) is 0 Å². The number of halogens is 3. The van der Waals surface area contributed by atoms with Crippen molar-refractivity contribution in [2.75, 3.05) is 0 Å². The molecule has 0 bridgehead atoms. The number of hydrogen-bond acceptors (Lipinski definition) is 5. The Morgan fingerprint density at radius 1 is 1.21 bits per heavy atom. The van der Waals surface area contributed by atoms with Gasteiger partial charge in [-0.2, -0.15) is 18.2 Å². The number of fused-ring (bicyclic) bond motifs is 1. The van der Waals surface area contributed by atoms with Crippen LogP contribution in [0.25, 0.3) is 5.78 Å². The number of rotatable bonds is 5. The predicted molar refractivity (Wildman–Crippen MR) is 94.4 cm³/mol. The van der Waals surface area contributed by atoms with Crippen molar-refractivity contribution in [1.82, 2.24) is 29.9 Å². The number of aryl methyl sites for hydroxylation is 2. The van der Waals surface area contributed by atoms with E-state index in [9.17, 15) is 18.0 Å². The lowest BCUT2D eigenvalue weighted by molar-refractivity contribution is -0.144. The summed E-state index contributed by atoms with van der Waals surface area (Å²) in [4.78, 5) is 23.8. The summed E-state index contributed by atoms with van der Waals surface area (Å²) in [5.41, 5.74) is 2.63. The van der Waals surface area contributed by atoms with Crippen LogP contribution < -0.4 is 5.32 Å². The lowest BCUT2D eigenvalue weighted by Gasteiger charge is -2.15. The van der Waals surface area contributed by atoms with Crippen molar-refractivity contribution in [2.24, 2.45) is 0 Å². The predicted octanol–water partition coefficient (Wildman–Crippen LogP) is 2.96. The van der Waals surface area contributed by atoms with Gasteiger partial charge in [0.05, 0.1) is 6.04 Å². The van der Waals surface area contributed by atoms with Gasteiger partial charge in [0.1, 0.15) is 0 Å². The molecule has 1 atom stereocenters. The highest BCUT2D eigenvalue weighted by Gasteiger charge is 2.36. The summed E-state index contributed by atoms with van der Waals surface area (Å²) in [5, 5.41) is 6.41. The summed E-state index contributed by atoms with van der Waals surface area (Å²) in [6, 6.07) is 3.46. The minimum absolute atomic E-state index is 0.109. The van der Waals surface area contributed by atoms with Gasteiger partial charge in [-0.15, -0.1) is 5.10 Å². The molecule has 3 aromatic heterocycles. The Kier molecular flexibility index (Phi) is 5.30. The third kappa shape index (κ3) is 4.10. The molecule has 0 spiro atoms.